The zero-order chi connectivity index (χ0) is 11.4. The van der Waals surface area contributed by atoms with Crippen LogP contribution in [0.4, 0.5) is 0 Å². The highest BCUT2D eigenvalue weighted by molar-refractivity contribution is 5.87. The zero-order valence-corrected chi connectivity index (χ0v) is 8.89. The molecule has 3 aliphatic rings. The summed E-state index contributed by atoms with van der Waals surface area (Å²) in [5, 5.41) is 0. The van der Waals surface area contributed by atoms with Crippen molar-refractivity contribution < 1.29 is 23.8 Å². The molecule has 1 spiro atoms. The second kappa shape index (κ2) is 2.85. The number of carbonyl (C=O) groups excluding carboxylic acids is 2. The monoisotopic (exact) mass is 224 g/mol. The quantitative estimate of drug-likeness (QED) is 0.470. The van der Waals surface area contributed by atoms with E-state index in [4.69, 9.17) is 14.2 Å². The van der Waals surface area contributed by atoms with Gasteiger partial charge in [0, 0.05) is 0 Å². The van der Waals surface area contributed by atoms with E-state index in [1.807, 2.05) is 12.2 Å². The first kappa shape index (κ1) is 9.84. The van der Waals surface area contributed by atoms with E-state index in [9.17, 15) is 9.59 Å². The van der Waals surface area contributed by atoms with Crippen LogP contribution in [0.5, 0.6) is 0 Å². The van der Waals surface area contributed by atoms with E-state index in [1.165, 1.54) is 7.11 Å². The summed E-state index contributed by atoms with van der Waals surface area (Å²) in [6, 6.07) is 0. The van der Waals surface area contributed by atoms with Gasteiger partial charge in [0.1, 0.15) is 17.6 Å². The van der Waals surface area contributed by atoms with Crippen LogP contribution in [0.3, 0.4) is 0 Å². The first-order valence-electron chi connectivity index (χ1n) is 5.23. The number of carbonyl (C=O) groups is 2. The Hall–Kier alpha value is -1.36. The number of methoxy groups -OCH3 is 1. The Bertz CT molecular complexity index is 401. The SMILES string of the molecule is COC(=O)[C@@]12CC(=O)OC[C@@]13C=C[C@@H](C2)O3. The van der Waals surface area contributed by atoms with Gasteiger partial charge in [-0.1, -0.05) is 6.08 Å². The fourth-order valence-corrected chi connectivity index (χ4v) is 2.96. The van der Waals surface area contributed by atoms with E-state index in [2.05, 4.69) is 0 Å². The highest BCUT2D eigenvalue weighted by Crippen LogP contribution is 2.56. The maximum Gasteiger partial charge on any atom is 0.315 e. The van der Waals surface area contributed by atoms with Crippen LogP contribution in [0.2, 0.25) is 0 Å². The van der Waals surface area contributed by atoms with Crippen molar-refractivity contribution in [1.29, 1.82) is 0 Å². The van der Waals surface area contributed by atoms with E-state index in [0.29, 0.717) is 6.42 Å². The van der Waals surface area contributed by atoms with Crippen LogP contribution in [-0.4, -0.2) is 37.4 Å². The molecule has 0 aliphatic carbocycles. The van der Waals surface area contributed by atoms with E-state index in [0.717, 1.165) is 0 Å². The van der Waals surface area contributed by atoms with Gasteiger partial charge in [-0.25, -0.2) is 0 Å². The van der Waals surface area contributed by atoms with Gasteiger partial charge in [-0.05, 0) is 12.5 Å². The Kier molecular flexibility index (Phi) is 1.75. The molecule has 0 aromatic carbocycles. The third-order valence-corrected chi connectivity index (χ3v) is 3.77. The van der Waals surface area contributed by atoms with Gasteiger partial charge in [0.2, 0.25) is 0 Å². The van der Waals surface area contributed by atoms with Crippen molar-refractivity contribution in [3.05, 3.63) is 12.2 Å². The van der Waals surface area contributed by atoms with Crippen LogP contribution in [-0.2, 0) is 23.8 Å². The third-order valence-electron chi connectivity index (χ3n) is 3.77. The smallest absolute Gasteiger partial charge is 0.315 e. The number of fused-ring (bicyclic) bond motifs is 1. The molecule has 5 nitrogen and oxygen atoms in total. The standard InChI is InChI=1S/C11H12O5/c1-14-9(13)10-4-7-2-3-11(10,16-7)6-15-8(12)5-10/h2-3,7H,4-6H2,1H3/t7-,10+,11-/m0/s1. The first-order valence-corrected chi connectivity index (χ1v) is 5.23. The number of ether oxygens (including phenoxy) is 3. The molecule has 3 aliphatic heterocycles. The number of esters is 2. The van der Waals surface area contributed by atoms with Gasteiger partial charge in [0.15, 0.2) is 0 Å². The van der Waals surface area contributed by atoms with Crippen LogP contribution in [0.15, 0.2) is 12.2 Å². The maximum absolute atomic E-state index is 12.0. The lowest BCUT2D eigenvalue weighted by Crippen LogP contribution is -2.57. The van der Waals surface area contributed by atoms with Gasteiger partial charge in [0.05, 0.1) is 19.6 Å². The maximum atomic E-state index is 12.0. The fraction of sp³-hybridized carbons (Fsp3) is 0.636. The molecule has 0 saturated carbocycles. The minimum Gasteiger partial charge on any atom is -0.468 e. The highest BCUT2D eigenvalue weighted by atomic mass is 16.6. The van der Waals surface area contributed by atoms with E-state index in [-0.39, 0.29) is 31.1 Å². The van der Waals surface area contributed by atoms with Crippen LogP contribution in [0, 0.1) is 5.41 Å². The van der Waals surface area contributed by atoms with E-state index >= 15 is 0 Å². The summed E-state index contributed by atoms with van der Waals surface area (Å²) in [6.45, 7) is 0.105. The van der Waals surface area contributed by atoms with Gasteiger partial charge in [-0.3, -0.25) is 9.59 Å². The third kappa shape index (κ3) is 0.942. The molecule has 0 N–H and O–H groups in total. The molecule has 86 valence electrons. The predicted molar refractivity (Wildman–Crippen MR) is 51.4 cm³/mol. The summed E-state index contributed by atoms with van der Waals surface area (Å²) in [4.78, 5) is 23.4. The average Bonchev–Trinajstić information content (AvgIpc) is 2.82. The normalized spacial score (nSPS) is 44.1. The van der Waals surface area contributed by atoms with Crippen LogP contribution in [0.1, 0.15) is 12.8 Å². The second-order valence-corrected chi connectivity index (χ2v) is 4.52. The van der Waals surface area contributed by atoms with Crippen molar-refractivity contribution in [3.8, 4) is 0 Å². The lowest BCUT2D eigenvalue weighted by atomic mass is 9.65. The molecule has 0 aromatic rings. The van der Waals surface area contributed by atoms with Gasteiger partial charge in [-0.2, -0.15) is 0 Å². The van der Waals surface area contributed by atoms with E-state index < -0.39 is 11.0 Å². The van der Waals surface area contributed by atoms with Gasteiger partial charge < -0.3 is 14.2 Å². The summed E-state index contributed by atoms with van der Waals surface area (Å²) in [6.07, 6.45) is 4.20. The molecule has 16 heavy (non-hydrogen) atoms. The molecule has 2 saturated heterocycles. The molecule has 2 bridgehead atoms. The predicted octanol–water partition coefficient (Wildman–Crippen LogP) is 0.190. The lowest BCUT2D eigenvalue weighted by Gasteiger charge is -2.42. The van der Waals surface area contributed by atoms with Gasteiger partial charge >= 0.3 is 11.9 Å². The van der Waals surface area contributed by atoms with Crippen LogP contribution < -0.4 is 0 Å². The molecule has 3 heterocycles. The molecular formula is C11H12O5. The molecule has 2 fully saturated rings. The largest absolute Gasteiger partial charge is 0.468 e. The summed E-state index contributed by atoms with van der Waals surface area (Å²) >= 11 is 0. The lowest BCUT2D eigenvalue weighted by molar-refractivity contribution is -0.188. The van der Waals surface area contributed by atoms with Crippen molar-refractivity contribution in [2.24, 2.45) is 5.41 Å². The summed E-state index contributed by atoms with van der Waals surface area (Å²) in [7, 11) is 1.33. The topological polar surface area (TPSA) is 61.8 Å². The first-order chi connectivity index (χ1) is 7.62. The molecule has 3 atom stereocenters. The molecule has 0 radical (unpaired) electrons. The van der Waals surface area contributed by atoms with Crippen molar-refractivity contribution in [1.82, 2.24) is 0 Å². The Morgan fingerprint density at radius 3 is 3.12 bits per heavy atom. The Morgan fingerprint density at radius 2 is 2.44 bits per heavy atom. The Labute approximate surface area is 92.3 Å². The van der Waals surface area contributed by atoms with Crippen molar-refractivity contribution in [2.45, 2.75) is 24.5 Å². The molecule has 0 amide bonds. The molecule has 0 unspecified atom stereocenters. The van der Waals surface area contributed by atoms with Gasteiger partial charge in [-0.15, -0.1) is 0 Å². The van der Waals surface area contributed by atoms with E-state index in [1.54, 1.807) is 0 Å². The van der Waals surface area contributed by atoms with Crippen LogP contribution in [0.25, 0.3) is 0 Å². The summed E-state index contributed by atoms with van der Waals surface area (Å²) in [5.74, 6) is -0.739. The number of rotatable bonds is 1. The summed E-state index contributed by atoms with van der Waals surface area (Å²) < 4.78 is 15.6. The summed E-state index contributed by atoms with van der Waals surface area (Å²) in [5.41, 5.74) is -1.67. The number of hydrogen-bond acceptors (Lipinski definition) is 5. The second-order valence-electron chi connectivity index (χ2n) is 4.52. The molecule has 0 aromatic heterocycles. The fourth-order valence-electron chi connectivity index (χ4n) is 2.96. The Balaban J connectivity index is 2.08. The van der Waals surface area contributed by atoms with Crippen molar-refractivity contribution in [3.63, 3.8) is 0 Å². The minimum atomic E-state index is -0.878. The van der Waals surface area contributed by atoms with Gasteiger partial charge in [0.25, 0.3) is 0 Å². The Morgan fingerprint density at radius 1 is 1.62 bits per heavy atom. The molecule has 5 heteroatoms. The molecule has 3 rings (SSSR count). The van der Waals surface area contributed by atoms with Crippen molar-refractivity contribution in [2.75, 3.05) is 13.7 Å². The average molecular weight is 224 g/mol. The van der Waals surface area contributed by atoms with Crippen LogP contribution >= 0.6 is 0 Å². The van der Waals surface area contributed by atoms with Crippen molar-refractivity contribution >= 4 is 11.9 Å². The molecular weight excluding hydrogens is 212 g/mol. The minimum absolute atomic E-state index is 0.0422. The highest BCUT2D eigenvalue weighted by Gasteiger charge is 2.69. The number of cyclic esters (lactones) is 1. The zero-order valence-electron chi connectivity index (χ0n) is 8.89. The number of hydrogen-bond donors (Lipinski definition) is 0.